The smallest absolute Gasteiger partial charge is 0.0184 e. The quantitative estimate of drug-likeness (QED) is 0.442. The summed E-state index contributed by atoms with van der Waals surface area (Å²) in [7, 11) is 0. The van der Waals surface area contributed by atoms with E-state index in [0.717, 1.165) is 0 Å². The first-order valence-corrected chi connectivity index (χ1v) is 1.91. The van der Waals surface area contributed by atoms with Crippen LogP contribution in [0.15, 0.2) is 30.3 Å². The van der Waals surface area contributed by atoms with Gasteiger partial charge in [0.1, 0.15) is 0 Å². The second-order valence-electron chi connectivity index (χ2n) is 1.08. The normalized spacial score (nSPS) is 6.86. The minimum absolute atomic E-state index is 0. The molecule has 1 heteroatoms. The monoisotopic (exact) mass is 117 g/mol. The van der Waals surface area contributed by atoms with Crippen molar-refractivity contribution in [2.24, 2.45) is 0 Å². The standard InChI is InChI=1S/C6H5.K.H/c1-2-4-6-5-3-1;;/h1-5H;;. The molecule has 0 bridgehead atoms. The van der Waals surface area contributed by atoms with Crippen molar-refractivity contribution in [3.8, 4) is 0 Å². The Morgan fingerprint density at radius 1 is 0.857 bits per heavy atom. The molecule has 0 amide bonds. The van der Waals surface area contributed by atoms with E-state index in [1.807, 2.05) is 30.3 Å². The zero-order chi connectivity index (χ0) is 4.24. The van der Waals surface area contributed by atoms with E-state index in [1.54, 1.807) is 0 Å². The van der Waals surface area contributed by atoms with Crippen molar-refractivity contribution in [2.75, 3.05) is 0 Å². The molecule has 0 N–H and O–H groups in total. The van der Waals surface area contributed by atoms with Crippen LogP contribution >= 0.6 is 0 Å². The molecule has 0 aliphatic carbocycles. The minimum Gasteiger partial charge on any atom is -0.0622 e. The van der Waals surface area contributed by atoms with E-state index >= 15 is 0 Å². The molecule has 0 saturated carbocycles. The van der Waals surface area contributed by atoms with Crippen LogP contribution in [0.2, 0.25) is 0 Å². The second kappa shape index (κ2) is 5.00. The molecule has 1 rings (SSSR count). The number of hydrogen-bond acceptors (Lipinski definition) is 0. The van der Waals surface area contributed by atoms with Crippen LogP contribution in [0.1, 0.15) is 0 Å². The van der Waals surface area contributed by atoms with E-state index in [0.29, 0.717) is 0 Å². The fourth-order valence-electron chi connectivity index (χ4n) is 0.342. The van der Waals surface area contributed by atoms with Crippen LogP contribution in [0.3, 0.4) is 0 Å². The number of rotatable bonds is 0. The first-order valence-electron chi connectivity index (χ1n) is 1.91. The van der Waals surface area contributed by atoms with Crippen molar-refractivity contribution in [3.63, 3.8) is 0 Å². The summed E-state index contributed by atoms with van der Waals surface area (Å²) in [5.41, 5.74) is 0. The summed E-state index contributed by atoms with van der Waals surface area (Å²) in [5.74, 6) is 0. The zero-order valence-electron chi connectivity index (χ0n) is 3.39. The van der Waals surface area contributed by atoms with Gasteiger partial charge in [0.25, 0.3) is 0 Å². The van der Waals surface area contributed by atoms with Crippen LogP contribution in [0, 0.1) is 6.07 Å². The maximum atomic E-state index is 2.89. The molecular formula is C6H6K. The molecule has 7 heavy (non-hydrogen) atoms. The van der Waals surface area contributed by atoms with E-state index in [-0.39, 0.29) is 51.4 Å². The average molecular weight is 117 g/mol. The van der Waals surface area contributed by atoms with Gasteiger partial charge < -0.3 is 0 Å². The fraction of sp³-hybridized carbons (Fsp3) is 0. The molecule has 0 spiro atoms. The Kier molecular flexibility index (Phi) is 5.61. The molecule has 0 unspecified atom stereocenters. The Hall–Kier alpha value is 0.856. The molecule has 0 nitrogen and oxygen atoms in total. The van der Waals surface area contributed by atoms with Crippen molar-refractivity contribution >= 4 is 51.4 Å². The molecular weight excluding hydrogens is 111 g/mol. The van der Waals surface area contributed by atoms with E-state index in [9.17, 15) is 0 Å². The van der Waals surface area contributed by atoms with Gasteiger partial charge in [-0.1, -0.05) is 30.3 Å². The predicted molar refractivity (Wildman–Crippen MR) is 32.4 cm³/mol. The average Bonchev–Trinajstić information content (AvgIpc) is 1.72. The first kappa shape index (κ1) is 7.86. The Morgan fingerprint density at radius 2 is 1.43 bits per heavy atom. The van der Waals surface area contributed by atoms with E-state index < -0.39 is 0 Å². The van der Waals surface area contributed by atoms with Gasteiger partial charge in [0, 0.05) is 0 Å². The summed E-state index contributed by atoms with van der Waals surface area (Å²) in [6.45, 7) is 0. The largest absolute Gasteiger partial charge is 0.0622 e. The molecule has 0 fully saturated rings. The third-order valence-electron chi connectivity index (χ3n) is 0.607. The van der Waals surface area contributed by atoms with Crippen LogP contribution < -0.4 is 0 Å². The van der Waals surface area contributed by atoms with Gasteiger partial charge in [0.05, 0.1) is 0 Å². The minimum atomic E-state index is 0. The summed E-state index contributed by atoms with van der Waals surface area (Å²) in [4.78, 5) is 0. The van der Waals surface area contributed by atoms with Crippen molar-refractivity contribution in [1.29, 1.82) is 0 Å². The number of hydrogen-bond donors (Lipinski definition) is 0. The van der Waals surface area contributed by atoms with Crippen molar-refractivity contribution in [1.82, 2.24) is 0 Å². The second-order valence-corrected chi connectivity index (χ2v) is 1.08. The van der Waals surface area contributed by atoms with Gasteiger partial charge in [-0.2, -0.15) is 0 Å². The molecule has 0 saturated heterocycles. The van der Waals surface area contributed by atoms with E-state index in [4.69, 9.17) is 0 Å². The molecule has 1 aromatic rings. The van der Waals surface area contributed by atoms with Gasteiger partial charge in [0.2, 0.25) is 0 Å². The van der Waals surface area contributed by atoms with Gasteiger partial charge in [-0.15, -0.1) is 0 Å². The first-order chi connectivity index (χ1) is 3.00. The number of benzene rings is 1. The maximum Gasteiger partial charge on any atom is -0.0184 e. The molecule has 0 atom stereocenters. The summed E-state index contributed by atoms with van der Waals surface area (Å²) >= 11 is 0. The Balaban J connectivity index is 0.000000360. The summed E-state index contributed by atoms with van der Waals surface area (Å²) in [6, 6.07) is 12.5. The van der Waals surface area contributed by atoms with Crippen molar-refractivity contribution < 1.29 is 0 Å². The molecule has 1 radical (unpaired) electrons. The zero-order valence-corrected chi connectivity index (χ0v) is 3.39. The van der Waals surface area contributed by atoms with Crippen LogP contribution in [-0.2, 0) is 0 Å². The van der Waals surface area contributed by atoms with Crippen molar-refractivity contribution in [2.45, 2.75) is 0 Å². The summed E-state index contributed by atoms with van der Waals surface area (Å²) in [5, 5.41) is 0. The Labute approximate surface area is 86.4 Å². The predicted octanol–water partition coefficient (Wildman–Crippen LogP) is 0.838. The molecule has 1 aromatic carbocycles. The maximum absolute atomic E-state index is 2.89. The molecule has 0 aliphatic rings. The summed E-state index contributed by atoms with van der Waals surface area (Å²) < 4.78 is 0. The van der Waals surface area contributed by atoms with Crippen LogP contribution in [0.4, 0.5) is 0 Å². The van der Waals surface area contributed by atoms with Crippen LogP contribution in [0.25, 0.3) is 0 Å². The SMILES string of the molecule is [KH].[c]1ccccc1. The third kappa shape index (κ3) is 3.44. The van der Waals surface area contributed by atoms with E-state index in [1.165, 1.54) is 0 Å². The molecule has 0 heterocycles. The van der Waals surface area contributed by atoms with Gasteiger partial charge in [-0.25, -0.2) is 0 Å². The Bertz CT molecular complexity index is 76.1. The fourth-order valence-corrected chi connectivity index (χ4v) is 0.342. The van der Waals surface area contributed by atoms with Crippen molar-refractivity contribution in [3.05, 3.63) is 36.4 Å². The molecule has 31 valence electrons. The summed E-state index contributed by atoms with van der Waals surface area (Å²) in [6.07, 6.45) is 0. The van der Waals surface area contributed by atoms with Gasteiger partial charge in [0.15, 0.2) is 0 Å². The topological polar surface area (TPSA) is 0 Å². The third-order valence-corrected chi connectivity index (χ3v) is 0.607. The van der Waals surface area contributed by atoms with Crippen LogP contribution in [-0.4, -0.2) is 51.4 Å². The van der Waals surface area contributed by atoms with Gasteiger partial charge in [-0.05, 0) is 6.07 Å². The van der Waals surface area contributed by atoms with Gasteiger partial charge in [-0.3, -0.25) is 0 Å². The van der Waals surface area contributed by atoms with E-state index in [2.05, 4.69) is 6.07 Å². The van der Waals surface area contributed by atoms with Gasteiger partial charge >= 0.3 is 51.4 Å². The Morgan fingerprint density at radius 3 is 1.57 bits per heavy atom. The van der Waals surface area contributed by atoms with Crippen LogP contribution in [0.5, 0.6) is 0 Å². The molecule has 0 aromatic heterocycles. The molecule has 0 aliphatic heterocycles.